The summed E-state index contributed by atoms with van der Waals surface area (Å²) in [6.07, 6.45) is 0. The topological polar surface area (TPSA) is 15.3 Å². The van der Waals surface area contributed by atoms with Gasteiger partial charge in [-0.15, -0.1) is 0 Å². The molecule has 2 unspecified atom stereocenters. The zero-order valence-electron chi connectivity index (χ0n) is 9.63. The van der Waals surface area contributed by atoms with Crippen LogP contribution in [-0.2, 0) is 0 Å². The highest BCUT2D eigenvalue weighted by atomic mass is 79.9. The first-order valence-corrected chi connectivity index (χ1v) is 6.09. The van der Waals surface area contributed by atoms with Crippen LogP contribution in [0.4, 0.5) is 11.4 Å². The van der Waals surface area contributed by atoms with Gasteiger partial charge in [-0.2, -0.15) is 0 Å². The molecule has 0 saturated carbocycles. The Kier molecular flexibility index (Phi) is 2.67. The van der Waals surface area contributed by atoms with Gasteiger partial charge in [-0.3, -0.25) is 0 Å². The van der Waals surface area contributed by atoms with Crippen LogP contribution in [-0.4, -0.2) is 19.1 Å². The molecule has 2 rings (SSSR count). The Morgan fingerprint density at radius 2 is 2.00 bits per heavy atom. The van der Waals surface area contributed by atoms with E-state index in [4.69, 9.17) is 0 Å². The summed E-state index contributed by atoms with van der Waals surface area (Å²) in [5, 5.41) is 3.55. The van der Waals surface area contributed by atoms with Gasteiger partial charge >= 0.3 is 0 Å². The number of benzene rings is 1. The maximum atomic E-state index is 3.62. The Hall–Kier alpha value is -0.700. The number of nitrogens with zero attached hydrogens (tertiary/aromatic N) is 1. The molecule has 0 saturated heterocycles. The zero-order valence-corrected chi connectivity index (χ0v) is 11.2. The number of likely N-dealkylation sites (N-methyl/N-ethyl adjacent to an activating group) is 1. The molecule has 0 radical (unpaired) electrons. The van der Waals surface area contributed by atoms with E-state index in [2.05, 4.69) is 66.1 Å². The number of rotatable bonds is 0. The van der Waals surface area contributed by atoms with Crippen molar-refractivity contribution in [3.8, 4) is 0 Å². The van der Waals surface area contributed by atoms with Gasteiger partial charge in [0.15, 0.2) is 0 Å². The third kappa shape index (κ3) is 1.73. The maximum Gasteiger partial charge on any atom is 0.0725 e. The Bertz CT molecular complexity index is 389. The van der Waals surface area contributed by atoms with Crippen molar-refractivity contribution in [3.05, 3.63) is 22.2 Å². The third-order valence-corrected chi connectivity index (χ3v) is 3.93. The van der Waals surface area contributed by atoms with E-state index in [9.17, 15) is 0 Å². The van der Waals surface area contributed by atoms with Crippen LogP contribution < -0.4 is 10.2 Å². The summed E-state index contributed by atoms with van der Waals surface area (Å²) < 4.78 is 1.16. The average molecular weight is 269 g/mol. The lowest BCUT2D eigenvalue weighted by Crippen LogP contribution is -2.45. The zero-order chi connectivity index (χ0) is 11.2. The van der Waals surface area contributed by atoms with Crippen LogP contribution in [0, 0.1) is 6.92 Å². The average Bonchev–Trinajstić information content (AvgIpc) is 2.17. The van der Waals surface area contributed by atoms with Gasteiger partial charge < -0.3 is 10.2 Å². The number of aryl methyl sites for hydroxylation is 1. The van der Waals surface area contributed by atoms with Crippen LogP contribution in [0.5, 0.6) is 0 Å². The third-order valence-electron chi connectivity index (χ3n) is 3.30. The molecule has 0 amide bonds. The van der Waals surface area contributed by atoms with Gasteiger partial charge in [0.25, 0.3) is 0 Å². The second-order valence-electron chi connectivity index (χ2n) is 4.43. The van der Waals surface area contributed by atoms with Crippen molar-refractivity contribution >= 4 is 27.3 Å². The summed E-state index contributed by atoms with van der Waals surface area (Å²) in [6, 6.07) is 5.38. The molecular weight excluding hydrogens is 252 g/mol. The van der Waals surface area contributed by atoms with E-state index in [0.29, 0.717) is 12.1 Å². The highest BCUT2D eigenvalue weighted by Crippen LogP contribution is 2.39. The van der Waals surface area contributed by atoms with Crippen LogP contribution in [0.1, 0.15) is 19.4 Å². The Labute approximate surface area is 99.8 Å². The number of fused-ring (bicyclic) bond motifs is 1. The van der Waals surface area contributed by atoms with Gasteiger partial charge in [-0.25, -0.2) is 0 Å². The summed E-state index contributed by atoms with van der Waals surface area (Å²) >= 11 is 3.62. The van der Waals surface area contributed by atoms with Crippen molar-refractivity contribution in [2.75, 3.05) is 17.3 Å². The number of hydrogen-bond acceptors (Lipinski definition) is 2. The lowest BCUT2D eigenvalue weighted by Gasteiger charge is -2.40. The summed E-state index contributed by atoms with van der Waals surface area (Å²) in [7, 11) is 2.16. The lowest BCUT2D eigenvalue weighted by molar-refractivity contribution is 0.586. The van der Waals surface area contributed by atoms with Crippen molar-refractivity contribution in [2.45, 2.75) is 32.9 Å². The van der Waals surface area contributed by atoms with Crippen molar-refractivity contribution in [3.63, 3.8) is 0 Å². The van der Waals surface area contributed by atoms with Crippen LogP contribution in [0.3, 0.4) is 0 Å². The van der Waals surface area contributed by atoms with Crippen LogP contribution in [0.2, 0.25) is 0 Å². The monoisotopic (exact) mass is 268 g/mol. The Balaban J connectivity index is 2.55. The molecule has 82 valence electrons. The molecule has 0 bridgehead atoms. The number of anilines is 2. The first-order valence-electron chi connectivity index (χ1n) is 5.30. The molecule has 1 N–H and O–H groups in total. The molecule has 3 heteroatoms. The van der Waals surface area contributed by atoms with E-state index in [-0.39, 0.29) is 0 Å². The number of nitrogens with one attached hydrogen (secondary N) is 1. The second kappa shape index (κ2) is 3.71. The number of hydrogen-bond donors (Lipinski definition) is 1. The molecule has 0 spiro atoms. The maximum absolute atomic E-state index is 3.62. The Morgan fingerprint density at radius 3 is 2.67 bits per heavy atom. The second-order valence-corrected chi connectivity index (χ2v) is 5.28. The quantitative estimate of drug-likeness (QED) is 0.776. The van der Waals surface area contributed by atoms with Crippen LogP contribution >= 0.6 is 15.9 Å². The smallest absolute Gasteiger partial charge is 0.0725 e. The predicted octanol–water partition coefficient (Wildman–Crippen LogP) is 3.40. The minimum Gasteiger partial charge on any atom is -0.378 e. The van der Waals surface area contributed by atoms with Gasteiger partial charge in [0.2, 0.25) is 0 Å². The lowest BCUT2D eigenvalue weighted by atomic mass is 10.0. The highest BCUT2D eigenvalue weighted by Gasteiger charge is 2.26. The van der Waals surface area contributed by atoms with Crippen molar-refractivity contribution < 1.29 is 0 Å². The molecule has 1 aromatic rings. The molecule has 1 heterocycles. The fourth-order valence-corrected chi connectivity index (χ4v) is 2.73. The van der Waals surface area contributed by atoms with Crippen LogP contribution in [0.15, 0.2) is 16.6 Å². The highest BCUT2D eigenvalue weighted by molar-refractivity contribution is 9.10. The van der Waals surface area contributed by atoms with E-state index in [1.165, 1.54) is 16.9 Å². The van der Waals surface area contributed by atoms with Gasteiger partial charge in [0.1, 0.15) is 0 Å². The van der Waals surface area contributed by atoms with E-state index in [1.54, 1.807) is 0 Å². The molecule has 0 fully saturated rings. The van der Waals surface area contributed by atoms with E-state index in [1.807, 2.05) is 0 Å². The molecule has 1 aliphatic rings. The predicted molar refractivity (Wildman–Crippen MR) is 69.8 cm³/mol. The summed E-state index contributed by atoms with van der Waals surface area (Å²) in [5.41, 5.74) is 3.79. The molecule has 1 aromatic carbocycles. The van der Waals surface area contributed by atoms with Crippen molar-refractivity contribution in [1.82, 2.24) is 0 Å². The normalized spacial score (nSPS) is 24.7. The van der Waals surface area contributed by atoms with Crippen LogP contribution in [0.25, 0.3) is 0 Å². The summed E-state index contributed by atoms with van der Waals surface area (Å²) in [6.45, 7) is 6.59. The fourth-order valence-electron chi connectivity index (χ4n) is 2.05. The SMILES string of the molecule is Cc1cc(Br)c2c(c1)N(C)C(C)C(C)N2. The Morgan fingerprint density at radius 1 is 1.33 bits per heavy atom. The number of halogens is 1. The van der Waals surface area contributed by atoms with E-state index >= 15 is 0 Å². The molecule has 2 atom stereocenters. The summed E-state index contributed by atoms with van der Waals surface area (Å²) in [5.74, 6) is 0. The first-order chi connectivity index (χ1) is 7.00. The molecule has 0 aliphatic carbocycles. The molecule has 0 aromatic heterocycles. The van der Waals surface area contributed by atoms with Crippen molar-refractivity contribution in [1.29, 1.82) is 0 Å². The van der Waals surface area contributed by atoms with Gasteiger partial charge in [0, 0.05) is 23.6 Å². The van der Waals surface area contributed by atoms with E-state index in [0.717, 1.165) is 4.47 Å². The van der Waals surface area contributed by atoms with E-state index < -0.39 is 0 Å². The standard InChI is InChI=1S/C12H17BrN2/c1-7-5-10(13)12-11(6-7)15(4)9(3)8(2)14-12/h5-6,8-9,14H,1-4H3. The van der Waals surface area contributed by atoms with Crippen molar-refractivity contribution in [2.24, 2.45) is 0 Å². The largest absolute Gasteiger partial charge is 0.378 e. The summed E-state index contributed by atoms with van der Waals surface area (Å²) in [4.78, 5) is 2.34. The van der Waals surface area contributed by atoms with Gasteiger partial charge in [0.05, 0.1) is 11.4 Å². The van der Waals surface area contributed by atoms with Gasteiger partial charge in [-0.05, 0) is 54.4 Å². The minimum atomic E-state index is 0.474. The molecule has 15 heavy (non-hydrogen) atoms. The van der Waals surface area contributed by atoms with Gasteiger partial charge in [-0.1, -0.05) is 0 Å². The molecular formula is C12H17BrN2. The molecule has 1 aliphatic heterocycles. The minimum absolute atomic E-state index is 0.474. The fraction of sp³-hybridized carbons (Fsp3) is 0.500. The first kappa shape index (κ1) is 10.8. The molecule has 2 nitrogen and oxygen atoms in total.